The molecule has 0 fully saturated rings. The first-order valence-electron chi connectivity index (χ1n) is 7.26. The van der Waals surface area contributed by atoms with E-state index in [-0.39, 0.29) is 12.1 Å². The van der Waals surface area contributed by atoms with Crippen molar-refractivity contribution in [3.8, 4) is 11.5 Å². The van der Waals surface area contributed by atoms with Crippen molar-refractivity contribution in [3.63, 3.8) is 0 Å². The van der Waals surface area contributed by atoms with Crippen LogP contribution in [0.15, 0.2) is 36.4 Å². The predicted octanol–water partition coefficient (Wildman–Crippen LogP) is 3.84. The Morgan fingerprint density at radius 1 is 1.14 bits per heavy atom. The summed E-state index contributed by atoms with van der Waals surface area (Å²) in [6, 6.07) is 12.2. The van der Waals surface area contributed by atoms with E-state index in [4.69, 9.17) is 15.2 Å². The van der Waals surface area contributed by atoms with E-state index in [1.165, 1.54) is 16.7 Å². The maximum Gasteiger partial charge on any atom is 0.128 e. The van der Waals surface area contributed by atoms with Gasteiger partial charge in [0.2, 0.25) is 0 Å². The Kier molecular flexibility index (Phi) is 3.60. The van der Waals surface area contributed by atoms with E-state index in [2.05, 4.69) is 32.0 Å². The Balaban J connectivity index is 1.99. The van der Waals surface area contributed by atoms with E-state index < -0.39 is 0 Å². The summed E-state index contributed by atoms with van der Waals surface area (Å²) in [4.78, 5) is 0. The standard InChI is InChI=1S/C18H21NO2/c1-11-5-4-6-14(12(11)2)18-10-16(19)15-8-7-13(20-3)9-17(15)21-18/h4-9,16,18H,10,19H2,1-3H3/t16-,18?/m1/s1. The first-order valence-corrected chi connectivity index (χ1v) is 7.26. The molecule has 0 saturated heterocycles. The number of fused-ring (bicyclic) bond motifs is 1. The van der Waals surface area contributed by atoms with Gasteiger partial charge >= 0.3 is 0 Å². The molecule has 3 rings (SSSR count). The van der Waals surface area contributed by atoms with Gasteiger partial charge in [0.05, 0.1) is 7.11 Å². The van der Waals surface area contributed by atoms with Gasteiger partial charge in [-0.25, -0.2) is 0 Å². The van der Waals surface area contributed by atoms with Crippen molar-refractivity contribution in [3.05, 3.63) is 58.7 Å². The quantitative estimate of drug-likeness (QED) is 0.911. The van der Waals surface area contributed by atoms with E-state index in [9.17, 15) is 0 Å². The van der Waals surface area contributed by atoms with Crippen LogP contribution in [0.25, 0.3) is 0 Å². The van der Waals surface area contributed by atoms with E-state index in [0.29, 0.717) is 0 Å². The Labute approximate surface area is 125 Å². The second-order valence-corrected chi connectivity index (χ2v) is 5.64. The van der Waals surface area contributed by atoms with Crippen LogP contribution in [0.3, 0.4) is 0 Å². The third-order valence-corrected chi connectivity index (χ3v) is 4.35. The lowest BCUT2D eigenvalue weighted by molar-refractivity contribution is 0.160. The first kappa shape index (κ1) is 14.0. The SMILES string of the molecule is COc1ccc2c(c1)OC(c1cccc(C)c1C)C[C@H]2N. The lowest BCUT2D eigenvalue weighted by atomic mass is 9.90. The van der Waals surface area contributed by atoms with Gasteiger partial charge in [-0.15, -0.1) is 0 Å². The molecule has 0 aliphatic carbocycles. The van der Waals surface area contributed by atoms with E-state index >= 15 is 0 Å². The van der Waals surface area contributed by atoms with E-state index in [1.54, 1.807) is 7.11 Å². The highest BCUT2D eigenvalue weighted by Crippen LogP contribution is 2.42. The molecule has 0 radical (unpaired) electrons. The number of rotatable bonds is 2. The monoisotopic (exact) mass is 283 g/mol. The third kappa shape index (κ3) is 2.49. The van der Waals surface area contributed by atoms with Crippen LogP contribution in [0.4, 0.5) is 0 Å². The van der Waals surface area contributed by atoms with Crippen LogP contribution in [-0.2, 0) is 0 Å². The maximum absolute atomic E-state index is 6.33. The van der Waals surface area contributed by atoms with Gasteiger partial charge < -0.3 is 15.2 Å². The minimum Gasteiger partial charge on any atom is -0.497 e. The summed E-state index contributed by atoms with van der Waals surface area (Å²) >= 11 is 0. The highest BCUT2D eigenvalue weighted by molar-refractivity contribution is 5.45. The van der Waals surface area contributed by atoms with Gasteiger partial charge in [0, 0.05) is 24.1 Å². The van der Waals surface area contributed by atoms with Gasteiger partial charge in [-0.3, -0.25) is 0 Å². The molecule has 0 spiro atoms. The lowest BCUT2D eigenvalue weighted by Crippen LogP contribution is -2.24. The Hall–Kier alpha value is -2.00. The van der Waals surface area contributed by atoms with Crippen LogP contribution in [0, 0.1) is 13.8 Å². The fourth-order valence-electron chi connectivity index (χ4n) is 2.92. The van der Waals surface area contributed by atoms with Gasteiger partial charge in [0.25, 0.3) is 0 Å². The van der Waals surface area contributed by atoms with Gasteiger partial charge in [-0.2, -0.15) is 0 Å². The molecule has 2 N–H and O–H groups in total. The fraction of sp³-hybridized carbons (Fsp3) is 0.333. The van der Waals surface area contributed by atoms with Crippen molar-refractivity contribution >= 4 is 0 Å². The van der Waals surface area contributed by atoms with Crippen LogP contribution in [-0.4, -0.2) is 7.11 Å². The number of ether oxygens (including phenoxy) is 2. The lowest BCUT2D eigenvalue weighted by Gasteiger charge is -2.31. The second kappa shape index (κ2) is 5.41. The number of hydrogen-bond donors (Lipinski definition) is 1. The largest absolute Gasteiger partial charge is 0.497 e. The molecule has 21 heavy (non-hydrogen) atoms. The number of hydrogen-bond acceptors (Lipinski definition) is 3. The summed E-state index contributed by atoms with van der Waals surface area (Å²) in [5, 5.41) is 0. The van der Waals surface area contributed by atoms with Gasteiger partial charge in [0.1, 0.15) is 17.6 Å². The minimum absolute atomic E-state index is 0.000457. The molecule has 2 atom stereocenters. The molecule has 1 aliphatic heterocycles. The molecule has 1 unspecified atom stereocenters. The zero-order valence-electron chi connectivity index (χ0n) is 12.7. The maximum atomic E-state index is 6.33. The zero-order valence-corrected chi connectivity index (χ0v) is 12.7. The minimum atomic E-state index is -0.00966. The molecular weight excluding hydrogens is 262 g/mol. The molecule has 3 nitrogen and oxygen atoms in total. The van der Waals surface area contributed by atoms with Crippen molar-refractivity contribution in [1.82, 2.24) is 0 Å². The second-order valence-electron chi connectivity index (χ2n) is 5.64. The molecule has 0 saturated carbocycles. The molecule has 0 bridgehead atoms. The summed E-state index contributed by atoms with van der Waals surface area (Å²) in [6.07, 6.45) is 0.795. The summed E-state index contributed by atoms with van der Waals surface area (Å²) < 4.78 is 11.5. The topological polar surface area (TPSA) is 44.5 Å². The van der Waals surface area contributed by atoms with Crippen LogP contribution in [0.1, 0.15) is 40.8 Å². The number of benzene rings is 2. The van der Waals surface area contributed by atoms with Crippen molar-refractivity contribution in [2.75, 3.05) is 7.11 Å². The Morgan fingerprint density at radius 3 is 2.71 bits per heavy atom. The summed E-state index contributed by atoms with van der Waals surface area (Å²) in [5.74, 6) is 1.63. The van der Waals surface area contributed by atoms with Crippen LogP contribution in [0.5, 0.6) is 11.5 Å². The normalized spacial score (nSPS) is 20.6. The van der Waals surface area contributed by atoms with Crippen LogP contribution in [0.2, 0.25) is 0 Å². The molecule has 0 amide bonds. The third-order valence-electron chi connectivity index (χ3n) is 4.35. The first-order chi connectivity index (χ1) is 10.1. The highest BCUT2D eigenvalue weighted by Gasteiger charge is 2.28. The average Bonchev–Trinajstić information content (AvgIpc) is 2.49. The molecule has 2 aromatic carbocycles. The molecule has 110 valence electrons. The van der Waals surface area contributed by atoms with Gasteiger partial charge in [-0.05, 0) is 36.6 Å². The molecule has 1 heterocycles. The van der Waals surface area contributed by atoms with Crippen molar-refractivity contribution in [2.24, 2.45) is 5.73 Å². The molecule has 3 heteroatoms. The number of aryl methyl sites for hydroxylation is 1. The van der Waals surface area contributed by atoms with Gasteiger partial charge in [0.15, 0.2) is 0 Å². The van der Waals surface area contributed by atoms with Crippen LogP contribution >= 0.6 is 0 Å². The molecule has 1 aliphatic rings. The number of nitrogens with two attached hydrogens (primary N) is 1. The Bertz CT molecular complexity index is 666. The fourth-order valence-corrected chi connectivity index (χ4v) is 2.92. The summed E-state index contributed by atoms with van der Waals surface area (Å²) in [5.41, 5.74) is 11.2. The zero-order chi connectivity index (χ0) is 15.0. The predicted molar refractivity (Wildman–Crippen MR) is 83.8 cm³/mol. The molecule has 2 aromatic rings. The van der Waals surface area contributed by atoms with Crippen molar-refractivity contribution in [2.45, 2.75) is 32.4 Å². The Morgan fingerprint density at radius 2 is 1.95 bits per heavy atom. The van der Waals surface area contributed by atoms with Gasteiger partial charge in [-0.1, -0.05) is 24.3 Å². The smallest absolute Gasteiger partial charge is 0.128 e. The molecular formula is C18H21NO2. The summed E-state index contributed by atoms with van der Waals surface area (Å²) in [7, 11) is 1.66. The van der Waals surface area contributed by atoms with Crippen LogP contribution < -0.4 is 15.2 Å². The highest BCUT2D eigenvalue weighted by atomic mass is 16.5. The number of methoxy groups -OCH3 is 1. The van der Waals surface area contributed by atoms with Crippen molar-refractivity contribution in [1.29, 1.82) is 0 Å². The van der Waals surface area contributed by atoms with E-state index in [0.717, 1.165) is 23.5 Å². The average molecular weight is 283 g/mol. The summed E-state index contributed by atoms with van der Waals surface area (Å²) in [6.45, 7) is 4.26. The van der Waals surface area contributed by atoms with Crippen molar-refractivity contribution < 1.29 is 9.47 Å². The molecule has 0 aromatic heterocycles. The van der Waals surface area contributed by atoms with E-state index in [1.807, 2.05) is 18.2 Å².